The van der Waals surface area contributed by atoms with E-state index in [1.807, 2.05) is 52.0 Å². The summed E-state index contributed by atoms with van der Waals surface area (Å²) in [5.41, 5.74) is 2.06. The normalized spacial score (nSPS) is 12.6. The Balaban J connectivity index is 2.11. The molecule has 42 heavy (non-hydrogen) atoms. The second-order valence-electron chi connectivity index (χ2n) is 10.1. The Kier molecular flexibility index (Phi) is 11.4. The fourth-order valence-corrected chi connectivity index (χ4v) is 6.02. The van der Waals surface area contributed by atoms with Crippen LogP contribution in [0, 0.1) is 6.92 Å². The first kappa shape index (κ1) is 32.5. The third-order valence-corrected chi connectivity index (χ3v) is 8.88. The summed E-state index contributed by atoms with van der Waals surface area (Å²) in [7, 11) is -1.26. The van der Waals surface area contributed by atoms with Crippen LogP contribution in [-0.4, -0.2) is 58.0 Å². The summed E-state index contributed by atoms with van der Waals surface area (Å²) in [6, 6.07) is 19.4. The Hall–Kier alpha value is -4.05. The summed E-state index contributed by atoms with van der Waals surface area (Å²) in [5, 5.41) is 2.99. The molecule has 1 N–H and O–H groups in total. The van der Waals surface area contributed by atoms with Crippen LogP contribution in [0.5, 0.6) is 11.5 Å². The van der Waals surface area contributed by atoms with Crippen LogP contribution in [0.4, 0.5) is 5.69 Å². The Bertz CT molecular complexity index is 1460. The quantitative estimate of drug-likeness (QED) is 0.283. The smallest absolute Gasteiger partial charge is 0.264 e. The lowest BCUT2D eigenvalue weighted by Crippen LogP contribution is -2.53. The van der Waals surface area contributed by atoms with Gasteiger partial charge in [0.15, 0.2) is 11.5 Å². The molecule has 3 aromatic rings. The van der Waals surface area contributed by atoms with Gasteiger partial charge < -0.3 is 19.7 Å². The van der Waals surface area contributed by atoms with E-state index >= 15 is 0 Å². The van der Waals surface area contributed by atoms with Crippen molar-refractivity contribution in [1.29, 1.82) is 0 Å². The molecule has 10 heteroatoms. The Morgan fingerprint density at radius 3 is 2.17 bits per heavy atom. The van der Waals surface area contributed by atoms with Crippen LogP contribution in [0.15, 0.2) is 77.7 Å². The van der Waals surface area contributed by atoms with Crippen molar-refractivity contribution in [3.63, 3.8) is 0 Å². The molecule has 226 valence electrons. The largest absolute Gasteiger partial charge is 0.493 e. The maximum absolute atomic E-state index is 14.2. The first-order valence-corrected chi connectivity index (χ1v) is 15.4. The SMILES string of the molecule is CC[C@@H](C)NC(=O)[C@H](CC)N(Cc1cccc(C)c1)C(=O)CN(c1ccc(OC)c(OC)c1)S(=O)(=O)c1ccccc1. The lowest BCUT2D eigenvalue weighted by molar-refractivity contribution is -0.140. The van der Waals surface area contributed by atoms with Gasteiger partial charge in [-0.1, -0.05) is 61.9 Å². The van der Waals surface area contributed by atoms with Crippen molar-refractivity contribution >= 4 is 27.5 Å². The summed E-state index contributed by atoms with van der Waals surface area (Å²) in [6.45, 7) is 7.27. The highest BCUT2D eigenvalue weighted by atomic mass is 32.2. The van der Waals surface area contributed by atoms with Crippen molar-refractivity contribution in [2.45, 2.75) is 64.1 Å². The maximum atomic E-state index is 14.2. The zero-order valence-corrected chi connectivity index (χ0v) is 26.0. The number of aryl methyl sites for hydroxylation is 1. The molecule has 0 spiro atoms. The third kappa shape index (κ3) is 7.82. The molecule has 0 aromatic heterocycles. The van der Waals surface area contributed by atoms with Crippen LogP contribution in [-0.2, 0) is 26.2 Å². The van der Waals surface area contributed by atoms with Crippen molar-refractivity contribution in [2.75, 3.05) is 25.1 Å². The second-order valence-corrected chi connectivity index (χ2v) is 12.0. The third-order valence-electron chi connectivity index (χ3n) is 7.09. The fourth-order valence-electron chi connectivity index (χ4n) is 4.60. The summed E-state index contributed by atoms with van der Waals surface area (Å²) < 4.78 is 39.8. The minimum absolute atomic E-state index is 0.0272. The van der Waals surface area contributed by atoms with E-state index < -0.39 is 28.5 Å². The minimum Gasteiger partial charge on any atom is -0.493 e. The number of anilines is 1. The van der Waals surface area contributed by atoms with Crippen LogP contribution in [0.2, 0.25) is 0 Å². The number of amides is 2. The maximum Gasteiger partial charge on any atom is 0.264 e. The molecular weight excluding hydrogens is 554 g/mol. The first-order chi connectivity index (χ1) is 20.0. The number of hydrogen-bond acceptors (Lipinski definition) is 6. The van der Waals surface area contributed by atoms with Crippen molar-refractivity contribution in [1.82, 2.24) is 10.2 Å². The van der Waals surface area contributed by atoms with E-state index in [9.17, 15) is 18.0 Å². The predicted molar refractivity (Wildman–Crippen MR) is 164 cm³/mol. The van der Waals surface area contributed by atoms with E-state index in [-0.39, 0.29) is 29.1 Å². The van der Waals surface area contributed by atoms with E-state index in [0.717, 1.165) is 21.9 Å². The molecule has 0 aliphatic rings. The molecule has 0 bridgehead atoms. The molecule has 0 radical (unpaired) electrons. The molecule has 0 unspecified atom stereocenters. The number of benzene rings is 3. The van der Waals surface area contributed by atoms with Crippen LogP contribution in [0.25, 0.3) is 0 Å². The number of nitrogens with one attached hydrogen (secondary N) is 1. The second kappa shape index (κ2) is 14.7. The number of ether oxygens (including phenoxy) is 2. The molecule has 0 aliphatic heterocycles. The summed E-state index contributed by atoms with van der Waals surface area (Å²) >= 11 is 0. The Labute approximate surface area is 249 Å². The van der Waals surface area contributed by atoms with Gasteiger partial charge >= 0.3 is 0 Å². The van der Waals surface area contributed by atoms with Crippen LogP contribution >= 0.6 is 0 Å². The number of carbonyl (C=O) groups excluding carboxylic acids is 2. The molecule has 0 fully saturated rings. The highest BCUT2D eigenvalue weighted by molar-refractivity contribution is 7.92. The van der Waals surface area contributed by atoms with Gasteiger partial charge in [0.25, 0.3) is 10.0 Å². The number of nitrogens with zero attached hydrogens (tertiary/aromatic N) is 2. The number of rotatable bonds is 14. The van der Waals surface area contributed by atoms with Gasteiger partial charge in [-0.2, -0.15) is 0 Å². The van der Waals surface area contributed by atoms with Gasteiger partial charge in [-0.3, -0.25) is 13.9 Å². The van der Waals surface area contributed by atoms with Gasteiger partial charge in [-0.25, -0.2) is 8.42 Å². The number of sulfonamides is 1. The molecule has 2 amide bonds. The Morgan fingerprint density at radius 1 is 0.881 bits per heavy atom. The average Bonchev–Trinajstić information content (AvgIpc) is 2.99. The fraction of sp³-hybridized carbons (Fsp3) is 0.375. The zero-order valence-electron chi connectivity index (χ0n) is 25.2. The van der Waals surface area contributed by atoms with E-state index in [2.05, 4.69) is 5.32 Å². The standard InChI is InChI=1S/C32H41N3O6S/c1-7-24(4)33-32(37)28(8-2)34(21-25-14-12-13-23(3)19-25)31(36)22-35(42(38,39)27-15-10-9-11-16-27)26-17-18-29(40-5)30(20-26)41-6/h9-20,24,28H,7-8,21-22H2,1-6H3,(H,33,37)/t24-,28+/m1/s1. The summed E-state index contributed by atoms with van der Waals surface area (Å²) in [6.07, 6.45) is 1.08. The van der Waals surface area contributed by atoms with Crippen molar-refractivity contribution in [2.24, 2.45) is 0 Å². The predicted octanol–water partition coefficient (Wildman–Crippen LogP) is 4.93. The number of methoxy groups -OCH3 is 2. The first-order valence-electron chi connectivity index (χ1n) is 14.0. The highest BCUT2D eigenvalue weighted by Gasteiger charge is 2.34. The monoisotopic (exact) mass is 595 g/mol. The van der Waals surface area contributed by atoms with E-state index in [1.165, 1.54) is 37.3 Å². The van der Waals surface area contributed by atoms with Crippen LogP contribution < -0.4 is 19.1 Å². The molecule has 3 aromatic carbocycles. The molecule has 0 aliphatic carbocycles. The van der Waals surface area contributed by atoms with Crippen LogP contribution in [0.1, 0.15) is 44.7 Å². The number of carbonyl (C=O) groups is 2. The van der Waals surface area contributed by atoms with Gasteiger partial charge in [-0.15, -0.1) is 0 Å². The van der Waals surface area contributed by atoms with Gasteiger partial charge in [0.1, 0.15) is 12.6 Å². The average molecular weight is 596 g/mol. The lowest BCUT2D eigenvalue weighted by Gasteiger charge is -2.34. The Morgan fingerprint density at radius 2 is 1.57 bits per heavy atom. The molecular formula is C32H41N3O6S. The van der Waals surface area contributed by atoms with Crippen molar-refractivity contribution < 1.29 is 27.5 Å². The van der Waals surface area contributed by atoms with E-state index in [1.54, 1.807) is 30.3 Å². The molecule has 9 nitrogen and oxygen atoms in total. The molecule has 0 saturated heterocycles. The van der Waals surface area contributed by atoms with Crippen molar-refractivity contribution in [3.05, 3.63) is 83.9 Å². The van der Waals surface area contributed by atoms with Crippen molar-refractivity contribution in [3.8, 4) is 11.5 Å². The van der Waals surface area contributed by atoms with Gasteiger partial charge in [0, 0.05) is 18.7 Å². The van der Waals surface area contributed by atoms with Gasteiger partial charge in [0.2, 0.25) is 11.8 Å². The van der Waals surface area contributed by atoms with Gasteiger partial charge in [0.05, 0.1) is 24.8 Å². The highest BCUT2D eigenvalue weighted by Crippen LogP contribution is 2.34. The molecule has 0 saturated carbocycles. The van der Waals surface area contributed by atoms with Crippen LogP contribution in [0.3, 0.4) is 0 Å². The summed E-state index contributed by atoms with van der Waals surface area (Å²) in [4.78, 5) is 29.1. The summed E-state index contributed by atoms with van der Waals surface area (Å²) in [5.74, 6) is -0.0708. The van der Waals surface area contributed by atoms with Gasteiger partial charge in [-0.05, 0) is 56.5 Å². The zero-order chi connectivity index (χ0) is 30.9. The molecule has 2 atom stereocenters. The molecule has 3 rings (SSSR count). The van der Waals surface area contributed by atoms with E-state index in [0.29, 0.717) is 17.9 Å². The lowest BCUT2D eigenvalue weighted by atomic mass is 10.1. The molecule has 0 heterocycles. The topological polar surface area (TPSA) is 105 Å². The number of hydrogen-bond donors (Lipinski definition) is 1. The van der Waals surface area contributed by atoms with E-state index in [4.69, 9.17) is 9.47 Å². The minimum atomic E-state index is -4.19.